The average molecular weight is 189 g/mol. The summed E-state index contributed by atoms with van der Waals surface area (Å²) in [5.41, 5.74) is 1.25. The molecule has 2 nitrogen and oxygen atoms in total. The van der Waals surface area contributed by atoms with Crippen LogP contribution in [0.4, 0.5) is 0 Å². The number of benzene rings is 1. The molecule has 2 unspecified atom stereocenters. The van der Waals surface area contributed by atoms with Crippen LogP contribution in [-0.4, -0.2) is 12.6 Å². The van der Waals surface area contributed by atoms with Crippen molar-refractivity contribution in [1.29, 1.82) is 0 Å². The first-order valence-electron chi connectivity index (χ1n) is 4.91. The lowest BCUT2D eigenvalue weighted by Gasteiger charge is -2.15. The van der Waals surface area contributed by atoms with Gasteiger partial charge in [0.15, 0.2) is 0 Å². The SMILES string of the molecule is C=CC(C)NC1COc2ccccc21. The maximum absolute atomic E-state index is 5.56. The highest BCUT2D eigenvalue weighted by atomic mass is 16.5. The number of hydrogen-bond donors (Lipinski definition) is 1. The first-order chi connectivity index (χ1) is 6.81. The zero-order chi connectivity index (χ0) is 9.97. The fraction of sp³-hybridized carbons (Fsp3) is 0.333. The van der Waals surface area contributed by atoms with E-state index in [-0.39, 0.29) is 0 Å². The Kier molecular flexibility index (Phi) is 2.55. The molecule has 74 valence electrons. The summed E-state index contributed by atoms with van der Waals surface area (Å²) in [6, 6.07) is 8.78. The van der Waals surface area contributed by atoms with Gasteiger partial charge in [-0.25, -0.2) is 0 Å². The highest BCUT2D eigenvalue weighted by Gasteiger charge is 2.23. The Hall–Kier alpha value is -1.28. The van der Waals surface area contributed by atoms with Crippen LogP contribution >= 0.6 is 0 Å². The third kappa shape index (κ3) is 1.66. The predicted molar refractivity (Wildman–Crippen MR) is 57.5 cm³/mol. The van der Waals surface area contributed by atoms with E-state index in [0.29, 0.717) is 12.1 Å². The van der Waals surface area contributed by atoms with Crippen LogP contribution in [0.2, 0.25) is 0 Å². The minimum absolute atomic E-state index is 0.305. The molecule has 2 heteroatoms. The van der Waals surface area contributed by atoms with E-state index in [9.17, 15) is 0 Å². The number of nitrogens with one attached hydrogen (secondary N) is 1. The van der Waals surface area contributed by atoms with Crippen molar-refractivity contribution >= 4 is 0 Å². The molecule has 2 rings (SSSR count). The van der Waals surface area contributed by atoms with Crippen LogP contribution in [0, 0.1) is 0 Å². The fourth-order valence-electron chi connectivity index (χ4n) is 1.69. The van der Waals surface area contributed by atoms with Crippen molar-refractivity contribution in [2.24, 2.45) is 0 Å². The van der Waals surface area contributed by atoms with Gasteiger partial charge < -0.3 is 10.1 Å². The van der Waals surface area contributed by atoms with Gasteiger partial charge in [-0.3, -0.25) is 0 Å². The molecule has 1 aromatic rings. The number of fused-ring (bicyclic) bond motifs is 1. The molecule has 0 radical (unpaired) electrons. The summed E-state index contributed by atoms with van der Waals surface area (Å²) in [7, 11) is 0. The van der Waals surface area contributed by atoms with Gasteiger partial charge in [0, 0.05) is 11.6 Å². The largest absolute Gasteiger partial charge is 0.491 e. The quantitative estimate of drug-likeness (QED) is 0.736. The average Bonchev–Trinajstić information content (AvgIpc) is 2.62. The summed E-state index contributed by atoms with van der Waals surface area (Å²) in [6.07, 6.45) is 1.90. The van der Waals surface area contributed by atoms with Crippen LogP contribution in [0.1, 0.15) is 18.5 Å². The molecule has 0 spiro atoms. The van der Waals surface area contributed by atoms with Crippen molar-refractivity contribution in [1.82, 2.24) is 5.32 Å². The molecule has 0 bridgehead atoms. The van der Waals surface area contributed by atoms with Gasteiger partial charge in [0.05, 0.1) is 6.04 Å². The normalized spacial score (nSPS) is 21.1. The second-order valence-corrected chi connectivity index (χ2v) is 3.59. The second-order valence-electron chi connectivity index (χ2n) is 3.59. The molecule has 14 heavy (non-hydrogen) atoms. The second kappa shape index (κ2) is 3.84. The van der Waals surface area contributed by atoms with E-state index in [2.05, 4.69) is 24.9 Å². The number of ether oxygens (including phenoxy) is 1. The van der Waals surface area contributed by atoms with Crippen molar-refractivity contribution in [2.75, 3.05) is 6.61 Å². The molecule has 1 aromatic carbocycles. The Bertz CT molecular complexity index is 335. The van der Waals surface area contributed by atoms with E-state index >= 15 is 0 Å². The summed E-state index contributed by atoms with van der Waals surface area (Å²) in [5.74, 6) is 1.00. The van der Waals surface area contributed by atoms with Crippen LogP contribution in [-0.2, 0) is 0 Å². The lowest BCUT2D eigenvalue weighted by molar-refractivity contribution is 0.307. The summed E-state index contributed by atoms with van der Waals surface area (Å²) in [5, 5.41) is 3.44. The van der Waals surface area contributed by atoms with Gasteiger partial charge in [0.1, 0.15) is 12.4 Å². The number of para-hydroxylation sites is 1. The Labute approximate surface area is 84.6 Å². The van der Waals surface area contributed by atoms with Crippen LogP contribution in [0.5, 0.6) is 5.75 Å². The monoisotopic (exact) mass is 189 g/mol. The van der Waals surface area contributed by atoms with Crippen molar-refractivity contribution in [3.05, 3.63) is 42.5 Å². The standard InChI is InChI=1S/C12H15NO/c1-3-9(2)13-11-8-14-12-7-5-4-6-10(11)12/h3-7,9,11,13H,1,8H2,2H3. The molecule has 1 heterocycles. The molecular weight excluding hydrogens is 174 g/mol. The highest BCUT2D eigenvalue weighted by Crippen LogP contribution is 2.31. The molecule has 0 saturated carbocycles. The molecule has 0 aromatic heterocycles. The van der Waals surface area contributed by atoms with Crippen molar-refractivity contribution < 1.29 is 4.74 Å². The van der Waals surface area contributed by atoms with Gasteiger partial charge in [-0.05, 0) is 13.0 Å². The lowest BCUT2D eigenvalue weighted by Crippen LogP contribution is -2.29. The van der Waals surface area contributed by atoms with Gasteiger partial charge in [0.2, 0.25) is 0 Å². The van der Waals surface area contributed by atoms with Crippen LogP contribution in [0.3, 0.4) is 0 Å². The van der Waals surface area contributed by atoms with Crippen LogP contribution in [0.25, 0.3) is 0 Å². The molecule has 0 amide bonds. The Morgan fingerprint density at radius 3 is 3.14 bits per heavy atom. The zero-order valence-corrected chi connectivity index (χ0v) is 8.36. The number of hydrogen-bond acceptors (Lipinski definition) is 2. The maximum Gasteiger partial charge on any atom is 0.124 e. The third-order valence-corrected chi connectivity index (χ3v) is 2.52. The lowest BCUT2D eigenvalue weighted by atomic mass is 10.1. The van der Waals surface area contributed by atoms with Crippen molar-refractivity contribution in [3.63, 3.8) is 0 Å². The van der Waals surface area contributed by atoms with Gasteiger partial charge in [-0.1, -0.05) is 24.3 Å². The maximum atomic E-state index is 5.56. The molecule has 1 aliphatic heterocycles. The molecule has 1 aliphatic rings. The summed E-state index contributed by atoms with van der Waals surface area (Å²) >= 11 is 0. The Morgan fingerprint density at radius 1 is 1.57 bits per heavy atom. The van der Waals surface area contributed by atoms with Gasteiger partial charge in [-0.2, -0.15) is 0 Å². The molecule has 0 aliphatic carbocycles. The van der Waals surface area contributed by atoms with Crippen molar-refractivity contribution in [2.45, 2.75) is 19.0 Å². The van der Waals surface area contributed by atoms with E-state index in [1.165, 1.54) is 5.56 Å². The molecule has 2 atom stereocenters. The Morgan fingerprint density at radius 2 is 2.36 bits per heavy atom. The molecule has 1 N–H and O–H groups in total. The van der Waals surface area contributed by atoms with E-state index in [4.69, 9.17) is 4.74 Å². The first kappa shape index (κ1) is 9.28. The summed E-state index contributed by atoms with van der Waals surface area (Å²) < 4.78 is 5.56. The minimum Gasteiger partial charge on any atom is -0.491 e. The predicted octanol–water partition coefficient (Wildman–Crippen LogP) is 2.28. The van der Waals surface area contributed by atoms with E-state index in [0.717, 1.165) is 12.4 Å². The van der Waals surface area contributed by atoms with E-state index in [1.807, 2.05) is 24.3 Å². The highest BCUT2D eigenvalue weighted by molar-refractivity contribution is 5.39. The smallest absolute Gasteiger partial charge is 0.124 e. The first-order valence-corrected chi connectivity index (χ1v) is 4.91. The van der Waals surface area contributed by atoms with Crippen LogP contribution < -0.4 is 10.1 Å². The minimum atomic E-state index is 0.305. The van der Waals surface area contributed by atoms with Crippen molar-refractivity contribution in [3.8, 4) is 5.75 Å². The van der Waals surface area contributed by atoms with Crippen LogP contribution in [0.15, 0.2) is 36.9 Å². The fourth-order valence-corrected chi connectivity index (χ4v) is 1.69. The summed E-state index contributed by atoms with van der Waals surface area (Å²) in [6.45, 7) is 6.57. The van der Waals surface area contributed by atoms with Gasteiger partial charge in [-0.15, -0.1) is 6.58 Å². The third-order valence-electron chi connectivity index (χ3n) is 2.52. The Balaban J connectivity index is 2.14. The van der Waals surface area contributed by atoms with Gasteiger partial charge in [0.25, 0.3) is 0 Å². The number of rotatable bonds is 3. The van der Waals surface area contributed by atoms with E-state index < -0.39 is 0 Å². The molecule has 0 saturated heterocycles. The molecular formula is C12H15NO. The zero-order valence-electron chi connectivity index (χ0n) is 8.36. The topological polar surface area (TPSA) is 21.3 Å². The van der Waals surface area contributed by atoms with E-state index in [1.54, 1.807) is 0 Å². The molecule has 0 fully saturated rings. The summed E-state index contributed by atoms with van der Waals surface area (Å²) in [4.78, 5) is 0. The van der Waals surface area contributed by atoms with Gasteiger partial charge >= 0.3 is 0 Å².